The van der Waals surface area contributed by atoms with E-state index in [0.29, 0.717) is 5.19 Å². The normalized spacial score (nSPS) is 12.4. The molecule has 0 atom stereocenters. The summed E-state index contributed by atoms with van der Waals surface area (Å²) in [7, 11) is -3.98. The molecule has 0 bridgehead atoms. The van der Waals surface area contributed by atoms with Crippen LogP contribution in [0.3, 0.4) is 0 Å². The molecular formula is C16H15F5O5SSi. The van der Waals surface area contributed by atoms with Crippen LogP contribution in [0, 0.1) is 29.1 Å². The third kappa shape index (κ3) is 3.82. The molecular weight excluding hydrogens is 427 g/mol. The summed E-state index contributed by atoms with van der Waals surface area (Å²) in [5.41, 5.74) is 0.0406. The van der Waals surface area contributed by atoms with Crippen LogP contribution in [0.15, 0.2) is 29.2 Å². The second-order valence-electron chi connectivity index (χ2n) is 5.52. The first-order valence-corrected chi connectivity index (χ1v) is 10.9. The van der Waals surface area contributed by atoms with Crippen LogP contribution >= 0.6 is 0 Å². The molecule has 28 heavy (non-hydrogen) atoms. The Kier molecular flexibility index (Phi) is 6.61. The maximum atomic E-state index is 13.8. The van der Waals surface area contributed by atoms with Crippen LogP contribution < -0.4 is 5.19 Å². The van der Waals surface area contributed by atoms with E-state index in [0.717, 1.165) is 0 Å². The molecule has 0 N–H and O–H groups in total. The van der Waals surface area contributed by atoms with E-state index in [1.807, 2.05) is 0 Å². The Morgan fingerprint density at radius 1 is 0.750 bits per heavy atom. The van der Waals surface area contributed by atoms with Crippen LogP contribution in [0.2, 0.25) is 0 Å². The van der Waals surface area contributed by atoms with Crippen molar-refractivity contribution in [3.05, 3.63) is 58.9 Å². The first-order valence-electron chi connectivity index (χ1n) is 7.53. The highest BCUT2D eigenvalue weighted by molar-refractivity contribution is 7.90. The molecule has 0 unspecified atom stereocenters. The Bertz CT molecular complexity index is 941. The average Bonchev–Trinajstić information content (AvgIpc) is 2.67. The Morgan fingerprint density at radius 2 is 1.14 bits per heavy atom. The van der Waals surface area contributed by atoms with Gasteiger partial charge in [-0.1, -0.05) is 24.3 Å². The highest BCUT2D eigenvalue weighted by Gasteiger charge is 2.40. The number of hydrogen-bond donors (Lipinski definition) is 0. The van der Waals surface area contributed by atoms with Crippen LogP contribution in [0.1, 0.15) is 5.56 Å². The molecule has 0 aliphatic rings. The predicted octanol–water partition coefficient (Wildman–Crippen LogP) is 2.44. The van der Waals surface area contributed by atoms with Gasteiger partial charge in [-0.15, -0.1) is 0 Å². The lowest BCUT2D eigenvalue weighted by Crippen LogP contribution is -2.54. The van der Waals surface area contributed by atoms with Crippen LogP contribution in [0.5, 0.6) is 0 Å². The summed E-state index contributed by atoms with van der Waals surface area (Å²) >= 11 is 0. The second kappa shape index (κ2) is 8.25. The van der Waals surface area contributed by atoms with Crippen molar-refractivity contribution in [2.45, 2.75) is 10.6 Å². The minimum atomic E-state index is -4.88. The first kappa shape index (κ1) is 22.4. The van der Waals surface area contributed by atoms with Gasteiger partial charge in [0, 0.05) is 26.5 Å². The molecule has 2 rings (SSSR count). The summed E-state index contributed by atoms with van der Waals surface area (Å²) in [5, 5.41) is 0.470. The van der Waals surface area contributed by atoms with Gasteiger partial charge in [0.2, 0.25) is 5.82 Å². The SMILES string of the molecule is CO[Si](OC)(OC)c1ccc(CS(=O)(=O)c2c(F)c(F)c(F)c(F)c2F)cc1. The Morgan fingerprint density at radius 3 is 1.54 bits per heavy atom. The van der Waals surface area contributed by atoms with E-state index in [1.54, 1.807) is 0 Å². The van der Waals surface area contributed by atoms with Crippen molar-refractivity contribution in [2.75, 3.05) is 21.3 Å². The molecule has 0 amide bonds. The Hall–Kier alpha value is -1.86. The topological polar surface area (TPSA) is 61.8 Å². The monoisotopic (exact) mass is 442 g/mol. The van der Waals surface area contributed by atoms with E-state index in [1.165, 1.54) is 45.6 Å². The zero-order valence-electron chi connectivity index (χ0n) is 14.9. The fourth-order valence-electron chi connectivity index (χ4n) is 2.56. The van der Waals surface area contributed by atoms with E-state index in [2.05, 4.69) is 0 Å². The minimum absolute atomic E-state index is 0.0406. The average molecular weight is 442 g/mol. The molecule has 2 aromatic rings. The smallest absolute Gasteiger partial charge is 0.373 e. The van der Waals surface area contributed by atoms with Gasteiger partial charge < -0.3 is 13.3 Å². The van der Waals surface area contributed by atoms with E-state index >= 15 is 0 Å². The summed E-state index contributed by atoms with van der Waals surface area (Å²) in [4.78, 5) is -1.87. The van der Waals surface area contributed by atoms with Gasteiger partial charge in [-0.25, -0.2) is 30.4 Å². The molecule has 0 saturated heterocycles. The lowest BCUT2D eigenvalue weighted by atomic mass is 10.2. The Balaban J connectivity index is 2.44. The largest absolute Gasteiger partial charge is 0.536 e. The lowest BCUT2D eigenvalue weighted by molar-refractivity contribution is 0.140. The number of sulfone groups is 1. The molecule has 0 aromatic heterocycles. The molecule has 0 aliphatic heterocycles. The van der Waals surface area contributed by atoms with E-state index in [9.17, 15) is 30.4 Å². The number of hydrogen-bond acceptors (Lipinski definition) is 5. The Labute approximate surface area is 158 Å². The molecule has 0 fully saturated rings. The van der Waals surface area contributed by atoms with Crippen molar-refractivity contribution < 1.29 is 43.6 Å². The van der Waals surface area contributed by atoms with Gasteiger partial charge in [-0.2, -0.15) is 0 Å². The summed E-state index contributed by atoms with van der Waals surface area (Å²) in [6, 6.07) is 5.42. The van der Waals surface area contributed by atoms with Crippen LogP contribution in [0.25, 0.3) is 0 Å². The van der Waals surface area contributed by atoms with Crippen molar-refractivity contribution in [1.29, 1.82) is 0 Å². The summed E-state index contributed by atoms with van der Waals surface area (Å²) in [6.07, 6.45) is 0. The molecule has 0 heterocycles. The molecule has 12 heteroatoms. The summed E-state index contributed by atoms with van der Waals surface area (Å²) in [6.45, 7) is 0. The fourth-order valence-corrected chi connectivity index (χ4v) is 5.84. The van der Waals surface area contributed by atoms with Crippen LogP contribution in [-0.2, 0) is 28.9 Å². The fraction of sp³-hybridized carbons (Fsp3) is 0.250. The van der Waals surface area contributed by atoms with Crippen molar-refractivity contribution in [2.24, 2.45) is 0 Å². The van der Waals surface area contributed by atoms with Gasteiger partial charge in [0.1, 0.15) is 4.90 Å². The third-order valence-electron chi connectivity index (χ3n) is 3.95. The number of rotatable bonds is 7. The molecule has 0 radical (unpaired) electrons. The summed E-state index contributed by atoms with van der Waals surface area (Å²) in [5.74, 6) is -12.9. The first-order chi connectivity index (χ1) is 13.0. The molecule has 5 nitrogen and oxygen atoms in total. The maximum Gasteiger partial charge on any atom is 0.536 e. The molecule has 2 aromatic carbocycles. The maximum absolute atomic E-state index is 13.8. The van der Waals surface area contributed by atoms with E-state index < -0.39 is 58.4 Å². The predicted molar refractivity (Wildman–Crippen MR) is 90.0 cm³/mol. The highest BCUT2D eigenvalue weighted by Crippen LogP contribution is 2.29. The highest BCUT2D eigenvalue weighted by atomic mass is 32.2. The van der Waals surface area contributed by atoms with Gasteiger partial charge in [0.15, 0.2) is 33.1 Å². The van der Waals surface area contributed by atoms with Gasteiger partial charge in [-0.05, 0) is 5.56 Å². The van der Waals surface area contributed by atoms with E-state index in [-0.39, 0.29) is 5.56 Å². The van der Waals surface area contributed by atoms with Crippen molar-refractivity contribution in [1.82, 2.24) is 0 Å². The molecule has 0 aliphatic carbocycles. The number of halogens is 5. The quantitative estimate of drug-likeness (QED) is 0.217. The van der Waals surface area contributed by atoms with Gasteiger partial charge in [-0.3, -0.25) is 0 Å². The summed E-state index contributed by atoms with van der Waals surface area (Å²) < 4.78 is 108. The lowest BCUT2D eigenvalue weighted by Gasteiger charge is -2.24. The minimum Gasteiger partial charge on any atom is -0.373 e. The zero-order chi connectivity index (χ0) is 21.3. The molecule has 0 saturated carbocycles. The zero-order valence-corrected chi connectivity index (χ0v) is 16.7. The van der Waals surface area contributed by atoms with Crippen molar-refractivity contribution in [3.63, 3.8) is 0 Å². The van der Waals surface area contributed by atoms with Crippen LogP contribution in [-0.4, -0.2) is 38.6 Å². The second-order valence-corrected chi connectivity index (χ2v) is 10.4. The third-order valence-corrected chi connectivity index (χ3v) is 8.30. The van der Waals surface area contributed by atoms with E-state index in [4.69, 9.17) is 13.3 Å². The molecule has 154 valence electrons. The van der Waals surface area contributed by atoms with Crippen molar-refractivity contribution >= 4 is 23.8 Å². The van der Waals surface area contributed by atoms with Crippen LogP contribution in [0.4, 0.5) is 22.0 Å². The molecule has 0 spiro atoms. The van der Waals surface area contributed by atoms with Gasteiger partial charge in [0.25, 0.3) is 0 Å². The number of benzene rings is 2. The van der Waals surface area contributed by atoms with Gasteiger partial charge in [0.05, 0.1) is 5.75 Å². The van der Waals surface area contributed by atoms with Gasteiger partial charge >= 0.3 is 8.80 Å². The standard InChI is InChI=1S/C16H15F5O5SSi/c1-24-28(25-2,26-3)10-6-4-9(5-7-10)8-27(22,23)16-14(20)12(18)11(17)13(19)15(16)21/h4-7H,8H2,1-3H3. The van der Waals surface area contributed by atoms with Crippen molar-refractivity contribution in [3.8, 4) is 0 Å².